The standard InChI is InChI=1S/C27H28N4O2.ClH/c1-4-12-29(3)14-15-31-24-10-9-22(16-21(24)18-28-31)30-13-11-25-23(27(30)32)17-26(33-25)20-7-5-19(2)6-8-20;/h5-11,13,16-18H,4,12,14-15H2,1-3H3;1H. The molecule has 0 fully saturated rings. The summed E-state index contributed by atoms with van der Waals surface area (Å²) in [4.78, 5) is 15.6. The molecule has 0 atom stereocenters. The molecular formula is C27H29ClN4O2. The summed E-state index contributed by atoms with van der Waals surface area (Å²) in [7, 11) is 2.13. The van der Waals surface area contributed by atoms with E-state index in [1.165, 1.54) is 5.56 Å². The third-order valence-electron chi connectivity index (χ3n) is 6.12. The van der Waals surface area contributed by atoms with Gasteiger partial charge in [0, 0.05) is 29.4 Å². The van der Waals surface area contributed by atoms with Gasteiger partial charge >= 0.3 is 0 Å². The van der Waals surface area contributed by atoms with Gasteiger partial charge < -0.3 is 9.32 Å². The maximum absolute atomic E-state index is 13.3. The Morgan fingerprint density at radius 3 is 2.59 bits per heavy atom. The summed E-state index contributed by atoms with van der Waals surface area (Å²) >= 11 is 0. The number of hydrogen-bond donors (Lipinski definition) is 0. The fourth-order valence-electron chi connectivity index (χ4n) is 4.26. The Hall–Kier alpha value is -3.35. The highest BCUT2D eigenvalue weighted by molar-refractivity contribution is 5.85. The fraction of sp³-hybridized carbons (Fsp3) is 0.259. The van der Waals surface area contributed by atoms with Crippen LogP contribution in [-0.4, -0.2) is 39.4 Å². The van der Waals surface area contributed by atoms with Gasteiger partial charge in [-0.1, -0.05) is 36.8 Å². The maximum Gasteiger partial charge on any atom is 0.266 e. The highest BCUT2D eigenvalue weighted by Gasteiger charge is 2.13. The summed E-state index contributed by atoms with van der Waals surface area (Å²) in [5, 5.41) is 6.16. The number of fused-ring (bicyclic) bond motifs is 2. The molecule has 5 aromatic rings. The van der Waals surface area contributed by atoms with Crippen molar-refractivity contribution >= 4 is 34.3 Å². The van der Waals surface area contributed by atoms with Crippen molar-refractivity contribution in [2.75, 3.05) is 20.1 Å². The number of hydrogen-bond acceptors (Lipinski definition) is 4. The fourth-order valence-corrected chi connectivity index (χ4v) is 4.26. The SMILES string of the molecule is CCCN(C)CCn1ncc2cc(-n3ccc4oc(-c5ccc(C)cc5)cc4c3=O)ccc21.Cl. The number of aryl methyl sites for hydroxylation is 1. The molecule has 3 aromatic heterocycles. The molecule has 6 nitrogen and oxygen atoms in total. The Morgan fingerprint density at radius 1 is 1.03 bits per heavy atom. The quantitative estimate of drug-likeness (QED) is 0.303. The first-order valence-electron chi connectivity index (χ1n) is 11.4. The van der Waals surface area contributed by atoms with Crippen molar-refractivity contribution < 1.29 is 4.42 Å². The zero-order valence-corrected chi connectivity index (χ0v) is 20.5. The van der Waals surface area contributed by atoms with Gasteiger partial charge in [-0.25, -0.2) is 0 Å². The molecule has 0 spiro atoms. The second-order valence-corrected chi connectivity index (χ2v) is 8.66. The summed E-state index contributed by atoms with van der Waals surface area (Å²) in [6.07, 6.45) is 4.79. The van der Waals surface area contributed by atoms with Crippen LogP contribution in [0.1, 0.15) is 18.9 Å². The van der Waals surface area contributed by atoms with Crippen LogP contribution in [0.25, 0.3) is 38.9 Å². The zero-order valence-electron chi connectivity index (χ0n) is 19.7. The molecular weight excluding hydrogens is 448 g/mol. The van der Waals surface area contributed by atoms with Crippen LogP contribution in [0.5, 0.6) is 0 Å². The van der Waals surface area contributed by atoms with Crippen molar-refractivity contribution in [1.29, 1.82) is 0 Å². The first kappa shape index (κ1) is 23.8. The average Bonchev–Trinajstić information content (AvgIpc) is 3.43. The van der Waals surface area contributed by atoms with Crippen molar-refractivity contribution in [3.63, 3.8) is 0 Å². The van der Waals surface area contributed by atoms with E-state index in [1.54, 1.807) is 10.8 Å². The van der Waals surface area contributed by atoms with Crippen molar-refractivity contribution in [2.45, 2.75) is 26.8 Å². The molecule has 0 aliphatic rings. The molecule has 0 bridgehead atoms. The average molecular weight is 477 g/mol. The van der Waals surface area contributed by atoms with E-state index in [0.29, 0.717) is 16.7 Å². The van der Waals surface area contributed by atoms with Gasteiger partial charge in [0.05, 0.1) is 23.6 Å². The number of rotatable bonds is 7. The number of furan rings is 1. The second kappa shape index (κ2) is 9.87. The van der Waals surface area contributed by atoms with E-state index in [9.17, 15) is 4.79 Å². The van der Waals surface area contributed by atoms with Gasteiger partial charge in [-0.2, -0.15) is 5.10 Å². The largest absolute Gasteiger partial charge is 0.456 e. The van der Waals surface area contributed by atoms with Crippen LogP contribution in [0.4, 0.5) is 0 Å². The summed E-state index contributed by atoms with van der Waals surface area (Å²) in [5.74, 6) is 0.699. The minimum Gasteiger partial charge on any atom is -0.456 e. The molecule has 0 amide bonds. The highest BCUT2D eigenvalue weighted by atomic mass is 35.5. The predicted octanol–water partition coefficient (Wildman–Crippen LogP) is 5.67. The van der Waals surface area contributed by atoms with E-state index in [-0.39, 0.29) is 18.0 Å². The Kier molecular flexibility index (Phi) is 6.91. The summed E-state index contributed by atoms with van der Waals surface area (Å²) in [5.41, 5.74) is 4.53. The smallest absolute Gasteiger partial charge is 0.266 e. The molecule has 0 aliphatic heterocycles. The Labute approximate surface area is 204 Å². The third-order valence-corrected chi connectivity index (χ3v) is 6.12. The van der Waals surface area contributed by atoms with E-state index in [4.69, 9.17) is 4.42 Å². The van der Waals surface area contributed by atoms with E-state index >= 15 is 0 Å². The highest BCUT2D eigenvalue weighted by Crippen LogP contribution is 2.27. The molecule has 2 aromatic carbocycles. The Balaban J connectivity index is 0.00000274. The lowest BCUT2D eigenvalue weighted by molar-refractivity contribution is 0.315. The normalized spacial score (nSPS) is 11.4. The van der Waals surface area contributed by atoms with Gasteiger partial charge in [0.15, 0.2) is 0 Å². The number of nitrogens with zero attached hydrogens (tertiary/aromatic N) is 4. The molecule has 7 heteroatoms. The topological polar surface area (TPSA) is 56.2 Å². The monoisotopic (exact) mass is 476 g/mol. The molecule has 0 radical (unpaired) electrons. The minimum atomic E-state index is -0.0949. The maximum atomic E-state index is 13.3. The van der Waals surface area contributed by atoms with Crippen LogP contribution >= 0.6 is 12.4 Å². The number of aromatic nitrogens is 3. The molecule has 3 heterocycles. The first-order valence-corrected chi connectivity index (χ1v) is 11.4. The number of likely N-dealkylation sites (N-methyl/N-ethyl adjacent to an activating group) is 1. The van der Waals surface area contributed by atoms with Crippen molar-refractivity contribution in [1.82, 2.24) is 19.2 Å². The van der Waals surface area contributed by atoms with Gasteiger partial charge in [-0.05, 0) is 57.3 Å². The van der Waals surface area contributed by atoms with E-state index in [1.807, 2.05) is 72.4 Å². The lowest BCUT2D eigenvalue weighted by Crippen LogP contribution is -2.24. The van der Waals surface area contributed by atoms with Crippen LogP contribution < -0.4 is 5.56 Å². The van der Waals surface area contributed by atoms with Crippen molar-refractivity contribution in [2.24, 2.45) is 0 Å². The van der Waals surface area contributed by atoms with E-state index in [0.717, 1.165) is 48.2 Å². The summed E-state index contributed by atoms with van der Waals surface area (Å²) in [6, 6.07) is 17.8. The number of halogens is 1. The first-order chi connectivity index (χ1) is 16.0. The molecule has 0 unspecified atom stereocenters. The number of pyridine rings is 1. The molecule has 0 N–H and O–H groups in total. The number of benzene rings is 2. The summed E-state index contributed by atoms with van der Waals surface area (Å²) < 4.78 is 9.67. The van der Waals surface area contributed by atoms with Gasteiger partial charge in [0.2, 0.25) is 0 Å². The van der Waals surface area contributed by atoms with Crippen molar-refractivity contribution in [3.8, 4) is 17.0 Å². The summed E-state index contributed by atoms with van der Waals surface area (Å²) in [6.45, 7) is 7.10. The van der Waals surface area contributed by atoms with E-state index < -0.39 is 0 Å². The second-order valence-electron chi connectivity index (χ2n) is 8.66. The lowest BCUT2D eigenvalue weighted by atomic mass is 10.1. The van der Waals surface area contributed by atoms with Crippen LogP contribution in [0.15, 0.2) is 76.2 Å². The van der Waals surface area contributed by atoms with Gasteiger partial charge in [-0.3, -0.25) is 14.0 Å². The third kappa shape index (κ3) is 4.52. The van der Waals surface area contributed by atoms with Crippen LogP contribution in [-0.2, 0) is 6.54 Å². The predicted molar refractivity (Wildman–Crippen MR) is 140 cm³/mol. The Morgan fingerprint density at radius 2 is 1.82 bits per heavy atom. The lowest BCUT2D eigenvalue weighted by Gasteiger charge is -2.15. The molecule has 0 saturated heterocycles. The molecule has 5 rings (SSSR count). The zero-order chi connectivity index (χ0) is 22.9. The van der Waals surface area contributed by atoms with Crippen LogP contribution in [0.2, 0.25) is 0 Å². The van der Waals surface area contributed by atoms with Crippen molar-refractivity contribution in [3.05, 3.63) is 82.9 Å². The molecule has 0 saturated carbocycles. The molecule has 176 valence electrons. The molecule has 0 aliphatic carbocycles. The van der Waals surface area contributed by atoms with Crippen LogP contribution in [0, 0.1) is 6.92 Å². The van der Waals surface area contributed by atoms with Crippen LogP contribution in [0.3, 0.4) is 0 Å². The Bertz CT molecular complexity index is 1480. The van der Waals surface area contributed by atoms with E-state index in [2.05, 4.69) is 24.0 Å². The minimum absolute atomic E-state index is 0. The van der Waals surface area contributed by atoms with Gasteiger partial charge in [0.25, 0.3) is 5.56 Å². The van der Waals surface area contributed by atoms with Gasteiger partial charge in [0.1, 0.15) is 11.3 Å². The molecule has 34 heavy (non-hydrogen) atoms. The van der Waals surface area contributed by atoms with Gasteiger partial charge in [-0.15, -0.1) is 12.4 Å².